The molecule has 3 aromatic rings. The van der Waals surface area contributed by atoms with E-state index < -0.39 is 11.9 Å². The number of carbonyl (C=O) groups excluding carboxylic acids is 2. The molecule has 4 nitrogen and oxygen atoms in total. The van der Waals surface area contributed by atoms with Crippen molar-refractivity contribution in [1.82, 2.24) is 0 Å². The molecule has 34 heavy (non-hydrogen) atoms. The Morgan fingerprint density at radius 2 is 1.00 bits per heavy atom. The van der Waals surface area contributed by atoms with Crippen LogP contribution in [-0.4, -0.2) is 11.9 Å². The highest BCUT2D eigenvalue weighted by Crippen LogP contribution is 2.16. The van der Waals surface area contributed by atoms with Gasteiger partial charge in [0, 0.05) is 0 Å². The molecule has 0 aliphatic rings. The molecular formula is C30H34O4. The zero-order valence-corrected chi connectivity index (χ0v) is 20.2. The van der Waals surface area contributed by atoms with Gasteiger partial charge in [0.2, 0.25) is 0 Å². The second-order valence-electron chi connectivity index (χ2n) is 8.54. The highest BCUT2D eigenvalue weighted by molar-refractivity contribution is 6.03. The average molecular weight is 459 g/mol. The first-order valence-corrected chi connectivity index (χ1v) is 12.2. The summed E-state index contributed by atoms with van der Waals surface area (Å²) < 4.78 is 11.1. The Bertz CT molecular complexity index is 1000. The SMILES string of the molecule is CCCCc1cccc(COC(=O)c2ccccc2C(=O)OCc2cccc(CCCC)c2)c1. The Kier molecular flexibility index (Phi) is 9.90. The van der Waals surface area contributed by atoms with Gasteiger partial charge in [0.15, 0.2) is 0 Å². The predicted molar refractivity (Wildman–Crippen MR) is 135 cm³/mol. The van der Waals surface area contributed by atoms with E-state index in [0.29, 0.717) is 0 Å². The van der Waals surface area contributed by atoms with Gasteiger partial charge in [-0.1, -0.05) is 87.4 Å². The second-order valence-corrected chi connectivity index (χ2v) is 8.54. The molecule has 3 rings (SSSR count). The molecule has 0 unspecified atom stereocenters. The van der Waals surface area contributed by atoms with Gasteiger partial charge in [-0.15, -0.1) is 0 Å². The van der Waals surface area contributed by atoms with E-state index in [1.807, 2.05) is 24.3 Å². The number of carbonyl (C=O) groups is 2. The van der Waals surface area contributed by atoms with E-state index in [-0.39, 0.29) is 24.3 Å². The average Bonchev–Trinajstić information content (AvgIpc) is 2.88. The summed E-state index contributed by atoms with van der Waals surface area (Å²) in [6, 6.07) is 22.8. The van der Waals surface area contributed by atoms with E-state index in [1.165, 1.54) is 11.1 Å². The monoisotopic (exact) mass is 458 g/mol. The summed E-state index contributed by atoms with van der Waals surface area (Å²) in [5.41, 5.74) is 4.77. The van der Waals surface area contributed by atoms with Crippen molar-refractivity contribution >= 4 is 11.9 Å². The summed E-state index contributed by atoms with van der Waals surface area (Å²) >= 11 is 0. The molecule has 3 aromatic carbocycles. The lowest BCUT2D eigenvalue weighted by atomic mass is 10.1. The summed E-state index contributed by atoms with van der Waals surface area (Å²) in [6.45, 7) is 4.65. The van der Waals surface area contributed by atoms with Crippen LogP contribution in [0.25, 0.3) is 0 Å². The van der Waals surface area contributed by atoms with E-state index in [0.717, 1.165) is 49.7 Å². The molecule has 0 radical (unpaired) electrons. The molecule has 0 N–H and O–H groups in total. The van der Waals surface area contributed by atoms with Crippen LogP contribution in [0.2, 0.25) is 0 Å². The summed E-state index contributed by atoms with van der Waals surface area (Å²) in [5, 5.41) is 0. The number of unbranched alkanes of at least 4 members (excludes halogenated alkanes) is 2. The number of hydrogen-bond donors (Lipinski definition) is 0. The molecule has 0 aromatic heterocycles. The van der Waals surface area contributed by atoms with Crippen LogP contribution in [-0.2, 0) is 35.5 Å². The first kappa shape index (κ1) is 25.2. The van der Waals surface area contributed by atoms with Crippen LogP contribution in [0.4, 0.5) is 0 Å². The molecule has 178 valence electrons. The van der Waals surface area contributed by atoms with E-state index in [2.05, 4.69) is 38.1 Å². The van der Waals surface area contributed by atoms with E-state index in [4.69, 9.17) is 9.47 Å². The molecule has 0 fully saturated rings. The molecule has 0 saturated carbocycles. The van der Waals surface area contributed by atoms with Crippen molar-refractivity contribution in [3.05, 3.63) is 106 Å². The molecule has 0 aliphatic carbocycles. The maximum atomic E-state index is 12.8. The third kappa shape index (κ3) is 7.58. The van der Waals surface area contributed by atoms with Crippen molar-refractivity contribution in [1.29, 1.82) is 0 Å². The van der Waals surface area contributed by atoms with Gasteiger partial charge in [0.25, 0.3) is 0 Å². The van der Waals surface area contributed by atoms with Gasteiger partial charge < -0.3 is 9.47 Å². The Hall–Kier alpha value is -3.40. The number of benzene rings is 3. The lowest BCUT2D eigenvalue weighted by Crippen LogP contribution is -2.14. The normalized spacial score (nSPS) is 10.6. The Morgan fingerprint density at radius 1 is 0.588 bits per heavy atom. The molecule has 0 bridgehead atoms. The van der Waals surface area contributed by atoms with Gasteiger partial charge in [-0.25, -0.2) is 9.59 Å². The fraction of sp³-hybridized carbons (Fsp3) is 0.333. The van der Waals surface area contributed by atoms with E-state index in [9.17, 15) is 9.59 Å². The summed E-state index contributed by atoms with van der Waals surface area (Å²) in [7, 11) is 0. The highest BCUT2D eigenvalue weighted by atomic mass is 16.5. The number of ether oxygens (including phenoxy) is 2. The third-order valence-electron chi connectivity index (χ3n) is 5.73. The lowest BCUT2D eigenvalue weighted by molar-refractivity contribution is 0.0425. The van der Waals surface area contributed by atoms with Crippen LogP contribution >= 0.6 is 0 Å². The van der Waals surface area contributed by atoms with Crippen molar-refractivity contribution in [3.63, 3.8) is 0 Å². The lowest BCUT2D eigenvalue weighted by Gasteiger charge is -2.11. The number of aryl methyl sites for hydroxylation is 2. The summed E-state index contributed by atoms with van der Waals surface area (Å²) in [6.07, 6.45) is 6.54. The molecule has 0 amide bonds. The molecule has 0 saturated heterocycles. The van der Waals surface area contributed by atoms with Gasteiger partial charge in [-0.2, -0.15) is 0 Å². The van der Waals surface area contributed by atoms with Crippen LogP contribution < -0.4 is 0 Å². The van der Waals surface area contributed by atoms with Gasteiger partial charge in [-0.3, -0.25) is 0 Å². The van der Waals surface area contributed by atoms with E-state index in [1.54, 1.807) is 24.3 Å². The van der Waals surface area contributed by atoms with Gasteiger partial charge in [-0.05, 0) is 60.1 Å². The minimum Gasteiger partial charge on any atom is -0.457 e. The third-order valence-corrected chi connectivity index (χ3v) is 5.73. The summed E-state index contributed by atoms with van der Waals surface area (Å²) in [4.78, 5) is 25.6. The smallest absolute Gasteiger partial charge is 0.339 e. The Labute approximate surface area is 202 Å². The number of rotatable bonds is 12. The molecule has 0 atom stereocenters. The van der Waals surface area contributed by atoms with Crippen molar-refractivity contribution in [2.45, 2.75) is 65.6 Å². The fourth-order valence-corrected chi connectivity index (χ4v) is 3.80. The minimum atomic E-state index is -0.534. The van der Waals surface area contributed by atoms with Gasteiger partial charge in [0.05, 0.1) is 11.1 Å². The van der Waals surface area contributed by atoms with Crippen LogP contribution in [0, 0.1) is 0 Å². The van der Waals surface area contributed by atoms with Crippen LogP contribution in [0.15, 0.2) is 72.8 Å². The Balaban J connectivity index is 1.61. The molecule has 4 heteroatoms. The van der Waals surface area contributed by atoms with E-state index >= 15 is 0 Å². The molecule has 0 spiro atoms. The van der Waals surface area contributed by atoms with Crippen LogP contribution in [0.1, 0.15) is 82.5 Å². The summed E-state index contributed by atoms with van der Waals surface area (Å²) in [5.74, 6) is -1.07. The van der Waals surface area contributed by atoms with Gasteiger partial charge >= 0.3 is 11.9 Å². The Morgan fingerprint density at radius 3 is 1.41 bits per heavy atom. The quantitative estimate of drug-likeness (QED) is 0.272. The first-order valence-electron chi connectivity index (χ1n) is 12.2. The largest absolute Gasteiger partial charge is 0.457 e. The van der Waals surface area contributed by atoms with Gasteiger partial charge in [0.1, 0.15) is 13.2 Å². The van der Waals surface area contributed by atoms with Crippen molar-refractivity contribution in [2.24, 2.45) is 0 Å². The molecule has 0 heterocycles. The highest BCUT2D eigenvalue weighted by Gasteiger charge is 2.19. The zero-order chi connectivity index (χ0) is 24.2. The maximum Gasteiger partial charge on any atom is 0.339 e. The van der Waals surface area contributed by atoms with Crippen molar-refractivity contribution in [3.8, 4) is 0 Å². The maximum absolute atomic E-state index is 12.8. The predicted octanol–water partition coefficient (Wildman–Crippen LogP) is 7.09. The molecule has 0 aliphatic heterocycles. The topological polar surface area (TPSA) is 52.6 Å². The number of hydrogen-bond acceptors (Lipinski definition) is 4. The minimum absolute atomic E-state index is 0.159. The zero-order valence-electron chi connectivity index (χ0n) is 20.2. The fourth-order valence-electron chi connectivity index (χ4n) is 3.80. The van der Waals surface area contributed by atoms with Crippen LogP contribution in [0.5, 0.6) is 0 Å². The van der Waals surface area contributed by atoms with Crippen LogP contribution in [0.3, 0.4) is 0 Å². The number of esters is 2. The molecular weight excluding hydrogens is 424 g/mol. The second kappa shape index (κ2) is 13.3. The van der Waals surface area contributed by atoms with Crippen molar-refractivity contribution in [2.75, 3.05) is 0 Å². The van der Waals surface area contributed by atoms with Crippen molar-refractivity contribution < 1.29 is 19.1 Å². The first-order chi connectivity index (χ1) is 16.6. The standard InChI is InChI=1S/C30H34O4/c1-3-5-11-23-13-9-15-25(19-23)21-33-29(31)27-17-7-8-18-28(27)30(32)34-22-26-16-10-14-24(20-26)12-6-4-2/h7-10,13-20H,3-6,11-12,21-22H2,1-2H3.